The van der Waals surface area contributed by atoms with Gasteiger partial charge in [0.05, 0.1) is 0 Å². The topological polar surface area (TPSA) is 29.1 Å². The molecular weight excluding hydrogens is 218 g/mol. The van der Waals surface area contributed by atoms with Gasteiger partial charge in [0.15, 0.2) is 0 Å². The summed E-state index contributed by atoms with van der Waals surface area (Å²) in [6.07, 6.45) is 6.11. The van der Waals surface area contributed by atoms with E-state index in [0.29, 0.717) is 12.3 Å². The number of hydrogen-bond acceptors (Lipinski definition) is 2. The van der Waals surface area contributed by atoms with Gasteiger partial charge in [-0.1, -0.05) is 6.42 Å². The van der Waals surface area contributed by atoms with Crippen molar-refractivity contribution in [1.29, 1.82) is 0 Å². The second-order valence-corrected chi connectivity index (χ2v) is 5.30. The molecule has 0 saturated heterocycles. The lowest BCUT2D eigenvalue weighted by atomic mass is 10.1. The average Bonchev–Trinajstić information content (AvgIpc) is 2.58. The zero-order chi connectivity index (χ0) is 10.4. The van der Waals surface area contributed by atoms with Crippen molar-refractivity contribution in [2.45, 2.75) is 31.1 Å². The van der Waals surface area contributed by atoms with Crippen LogP contribution >= 0.6 is 23.4 Å². The van der Waals surface area contributed by atoms with Crippen LogP contribution in [-0.4, -0.2) is 29.8 Å². The highest BCUT2D eigenvalue weighted by molar-refractivity contribution is 7.98. The van der Waals surface area contributed by atoms with Gasteiger partial charge in [0.25, 0.3) is 0 Å². The Morgan fingerprint density at radius 1 is 1.57 bits per heavy atom. The molecule has 1 fully saturated rings. The summed E-state index contributed by atoms with van der Waals surface area (Å²) >= 11 is 7.81. The first-order valence-electron chi connectivity index (χ1n) is 5.13. The van der Waals surface area contributed by atoms with Gasteiger partial charge in [-0.25, -0.2) is 0 Å². The normalized spacial score (nSPS) is 26.4. The van der Waals surface area contributed by atoms with Crippen molar-refractivity contribution in [3.63, 3.8) is 0 Å². The Labute approximate surface area is 95.2 Å². The zero-order valence-corrected chi connectivity index (χ0v) is 10.2. The summed E-state index contributed by atoms with van der Waals surface area (Å²) in [6.45, 7) is 0.765. The van der Waals surface area contributed by atoms with E-state index in [1.807, 2.05) is 6.26 Å². The van der Waals surface area contributed by atoms with Gasteiger partial charge in [-0.05, 0) is 25.0 Å². The molecule has 0 radical (unpaired) electrons. The number of carbonyl (C=O) groups is 1. The van der Waals surface area contributed by atoms with Crippen molar-refractivity contribution in [2.24, 2.45) is 5.92 Å². The fourth-order valence-corrected chi connectivity index (χ4v) is 2.51. The van der Waals surface area contributed by atoms with Crippen molar-refractivity contribution >= 4 is 29.3 Å². The third-order valence-corrected chi connectivity index (χ3v) is 3.85. The molecule has 0 spiro atoms. The predicted octanol–water partition coefficient (Wildman–Crippen LogP) is 2.26. The molecule has 1 rings (SSSR count). The monoisotopic (exact) mass is 235 g/mol. The SMILES string of the molecule is CSCCC(=O)NCC1CCCC1Cl. The molecule has 0 aromatic rings. The van der Waals surface area contributed by atoms with E-state index in [9.17, 15) is 4.79 Å². The highest BCUT2D eigenvalue weighted by Gasteiger charge is 2.25. The average molecular weight is 236 g/mol. The molecule has 0 aliphatic heterocycles. The fourth-order valence-electron chi connectivity index (χ4n) is 1.75. The minimum Gasteiger partial charge on any atom is -0.356 e. The van der Waals surface area contributed by atoms with Crippen LogP contribution < -0.4 is 5.32 Å². The summed E-state index contributed by atoms with van der Waals surface area (Å²) in [5, 5.41) is 3.23. The Bertz CT molecular complexity index is 189. The lowest BCUT2D eigenvalue weighted by molar-refractivity contribution is -0.120. The molecule has 1 aliphatic carbocycles. The maximum absolute atomic E-state index is 11.3. The molecule has 0 heterocycles. The fraction of sp³-hybridized carbons (Fsp3) is 0.900. The van der Waals surface area contributed by atoms with Gasteiger partial charge in [0.2, 0.25) is 5.91 Å². The van der Waals surface area contributed by atoms with Crippen molar-refractivity contribution in [2.75, 3.05) is 18.6 Å². The van der Waals surface area contributed by atoms with Gasteiger partial charge in [0.1, 0.15) is 0 Å². The summed E-state index contributed by atoms with van der Waals surface area (Å²) in [4.78, 5) is 11.3. The Balaban J connectivity index is 2.10. The minimum absolute atomic E-state index is 0.162. The van der Waals surface area contributed by atoms with E-state index in [2.05, 4.69) is 5.32 Å². The Morgan fingerprint density at radius 2 is 2.36 bits per heavy atom. The lowest BCUT2D eigenvalue weighted by Crippen LogP contribution is -2.31. The van der Waals surface area contributed by atoms with Crippen LogP contribution in [0.3, 0.4) is 0 Å². The largest absolute Gasteiger partial charge is 0.356 e. The standard InChI is InChI=1S/C10H18ClNOS/c1-14-6-5-10(13)12-7-8-3-2-4-9(8)11/h8-9H,2-7H2,1H3,(H,12,13). The number of rotatable bonds is 5. The highest BCUT2D eigenvalue weighted by Crippen LogP contribution is 2.29. The van der Waals surface area contributed by atoms with Crippen molar-refractivity contribution < 1.29 is 4.79 Å². The van der Waals surface area contributed by atoms with Crippen molar-refractivity contribution in [3.8, 4) is 0 Å². The number of nitrogens with one attached hydrogen (secondary N) is 1. The maximum atomic E-state index is 11.3. The van der Waals surface area contributed by atoms with Crippen LogP contribution in [0.2, 0.25) is 0 Å². The van der Waals surface area contributed by atoms with Gasteiger partial charge in [-0.3, -0.25) is 4.79 Å². The minimum atomic E-state index is 0.162. The molecule has 14 heavy (non-hydrogen) atoms. The molecule has 82 valence electrons. The van der Waals surface area contributed by atoms with Gasteiger partial charge in [-0.2, -0.15) is 11.8 Å². The van der Waals surface area contributed by atoms with E-state index in [1.165, 1.54) is 6.42 Å². The Morgan fingerprint density at radius 3 is 2.93 bits per heavy atom. The summed E-state index contributed by atoms with van der Waals surface area (Å²) < 4.78 is 0. The maximum Gasteiger partial charge on any atom is 0.220 e. The van der Waals surface area contributed by atoms with E-state index in [1.54, 1.807) is 11.8 Å². The van der Waals surface area contributed by atoms with Crippen molar-refractivity contribution in [1.82, 2.24) is 5.32 Å². The van der Waals surface area contributed by atoms with Crippen LogP contribution in [0.4, 0.5) is 0 Å². The first-order valence-corrected chi connectivity index (χ1v) is 6.96. The van der Waals surface area contributed by atoms with Gasteiger partial charge >= 0.3 is 0 Å². The van der Waals surface area contributed by atoms with Crippen LogP contribution in [0, 0.1) is 5.92 Å². The Hall–Kier alpha value is 0.110. The van der Waals surface area contributed by atoms with E-state index >= 15 is 0 Å². The summed E-state index contributed by atoms with van der Waals surface area (Å²) in [5.74, 6) is 1.56. The first-order chi connectivity index (χ1) is 6.74. The number of amides is 1. The summed E-state index contributed by atoms with van der Waals surface area (Å²) in [7, 11) is 0. The summed E-state index contributed by atoms with van der Waals surface area (Å²) in [5.41, 5.74) is 0. The van der Waals surface area contributed by atoms with Gasteiger partial charge < -0.3 is 5.32 Å². The number of halogens is 1. The van der Waals surface area contributed by atoms with Crippen LogP contribution in [0.1, 0.15) is 25.7 Å². The first kappa shape index (κ1) is 12.2. The van der Waals surface area contributed by atoms with Crippen molar-refractivity contribution in [3.05, 3.63) is 0 Å². The molecule has 2 unspecified atom stereocenters. The smallest absolute Gasteiger partial charge is 0.220 e. The molecule has 1 N–H and O–H groups in total. The molecule has 4 heteroatoms. The summed E-state index contributed by atoms with van der Waals surface area (Å²) in [6, 6.07) is 0. The van der Waals surface area contributed by atoms with Gasteiger partial charge in [0, 0.05) is 24.1 Å². The van der Waals surface area contributed by atoms with Crippen LogP contribution in [0.25, 0.3) is 0 Å². The molecule has 2 atom stereocenters. The number of alkyl halides is 1. The molecule has 1 aliphatic rings. The van der Waals surface area contributed by atoms with E-state index in [-0.39, 0.29) is 11.3 Å². The quantitative estimate of drug-likeness (QED) is 0.741. The zero-order valence-electron chi connectivity index (χ0n) is 8.59. The highest BCUT2D eigenvalue weighted by atomic mass is 35.5. The van der Waals surface area contributed by atoms with E-state index in [4.69, 9.17) is 11.6 Å². The third kappa shape index (κ3) is 4.09. The Kier molecular flexibility index (Phi) is 5.71. The van der Waals surface area contributed by atoms with E-state index < -0.39 is 0 Å². The number of hydrogen-bond donors (Lipinski definition) is 1. The molecule has 0 aromatic heterocycles. The lowest BCUT2D eigenvalue weighted by Gasteiger charge is -2.14. The molecular formula is C10H18ClNOS. The number of thioether (sulfide) groups is 1. The second kappa shape index (κ2) is 6.57. The molecule has 1 saturated carbocycles. The van der Waals surface area contributed by atoms with E-state index in [0.717, 1.165) is 25.1 Å². The molecule has 2 nitrogen and oxygen atoms in total. The van der Waals surface area contributed by atoms with Crippen LogP contribution in [-0.2, 0) is 4.79 Å². The van der Waals surface area contributed by atoms with Gasteiger partial charge in [-0.15, -0.1) is 11.6 Å². The second-order valence-electron chi connectivity index (χ2n) is 3.75. The third-order valence-electron chi connectivity index (χ3n) is 2.66. The molecule has 0 bridgehead atoms. The van der Waals surface area contributed by atoms with Crippen LogP contribution in [0.5, 0.6) is 0 Å². The van der Waals surface area contributed by atoms with Crippen LogP contribution in [0.15, 0.2) is 0 Å². The predicted molar refractivity (Wildman–Crippen MR) is 63.0 cm³/mol. The number of carbonyl (C=O) groups excluding carboxylic acids is 1. The molecule has 0 aromatic carbocycles. The molecule has 1 amide bonds.